The van der Waals surface area contributed by atoms with Crippen LogP contribution >= 0.6 is 0 Å². The van der Waals surface area contributed by atoms with E-state index in [-0.39, 0.29) is 24.0 Å². The Morgan fingerprint density at radius 3 is 2.58 bits per heavy atom. The molecule has 3 aromatic heterocycles. The number of pyridine rings is 1. The van der Waals surface area contributed by atoms with Crippen LogP contribution in [-0.2, 0) is 10.2 Å². The molecule has 10 nitrogen and oxygen atoms in total. The number of imidazole rings is 1. The second kappa shape index (κ2) is 10.0. The molecule has 1 aliphatic rings. The summed E-state index contributed by atoms with van der Waals surface area (Å²) in [6.45, 7) is 1.87. The summed E-state index contributed by atoms with van der Waals surface area (Å²) >= 11 is 0. The Morgan fingerprint density at radius 2 is 1.82 bits per heavy atom. The van der Waals surface area contributed by atoms with Crippen LogP contribution in [0.25, 0.3) is 27.9 Å². The Morgan fingerprint density at radius 1 is 1.05 bits per heavy atom. The lowest BCUT2D eigenvalue weighted by Gasteiger charge is -2.16. The molecule has 2 aromatic carbocycles. The molecule has 40 heavy (non-hydrogen) atoms. The molecule has 1 saturated carbocycles. The fourth-order valence-electron chi connectivity index (χ4n) is 4.89. The monoisotopic (exact) mass is 535 g/mol. The molecule has 202 valence electrons. The lowest BCUT2D eigenvalue weighted by atomic mass is 9.91. The van der Waals surface area contributed by atoms with Crippen molar-refractivity contribution < 1.29 is 14.3 Å². The molecule has 1 fully saturated rings. The van der Waals surface area contributed by atoms with Gasteiger partial charge < -0.3 is 15.0 Å². The van der Waals surface area contributed by atoms with Crippen LogP contribution in [0.4, 0.5) is 4.79 Å². The predicted molar refractivity (Wildman–Crippen MR) is 150 cm³/mol. The Balaban J connectivity index is 1.22. The fraction of sp³-hybridized carbons (Fsp3) is 0.267. The van der Waals surface area contributed by atoms with Crippen LogP contribution in [0.1, 0.15) is 41.4 Å². The third-order valence-corrected chi connectivity index (χ3v) is 7.27. The standard InChI is InChI=1S/C30H29N7O3/c1-19(18-40-29(39)36(2)3)34-27(38)21-8-6-20(7-9-21)25-16-32-28-33-17-26(37(28)35-25)30(12-13-30)23-10-11-24-22(15-23)5-4-14-31-24/h4-11,14-17,19H,12-13,18H2,1-3H3,(H,34,38). The fourth-order valence-corrected chi connectivity index (χ4v) is 4.89. The number of nitrogens with one attached hydrogen (secondary N) is 1. The van der Waals surface area contributed by atoms with Crippen LogP contribution in [0.5, 0.6) is 0 Å². The third-order valence-electron chi connectivity index (χ3n) is 7.27. The van der Waals surface area contributed by atoms with E-state index >= 15 is 0 Å². The van der Waals surface area contributed by atoms with E-state index in [1.54, 1.807) is 39.3 Å². The average Bonchev–Trinajstić information content (AvgIpc) is 3.67. The Kier molecular flexibility index (Phi) is 6.37. The first kappa shape index (κ1) is 25.4. The molecule has 1 unspecified atom stereocenters. The molecule has 3 heterocycles. The van der Waals surface area contributed by atoms with Crippen molar-refractivity contribution in [1.82, 2.24) is 34.8 Å². The van der Waals surface area contributed by atoms with Gasteiger partial charge in [-0.3, -0.25) is 9.78 Å². The van der Waals surface area contributed by atoms with Gasteiger partial charge in [-0.05, 0) is 55.7 Å². The molecule has 0 saturated heterocycles. The highest BCUT2D eigenvalue weighted by molar-refractivity contribution is 5.94. The summed E-state index contributed by atoms with van der Waals surface area (Å²) in [5, 5.41) is 8.86. The Hall–Kier alpha value is -4.86. The number of carbonyl (C=O) groups excluding carboxylic acids is 2. The van der Waals surface area contributed by atoms with E-state index in [2.05, 4.69) is 44.5 Å². The van der Waals surface area contributed by atoms with Crippen LogP contribution in [0.3, 0.4) is 0 Å². The molecule has 0 aliphatic heterocycles. The quantitative estimate of drug-likeness (QED) is 0.332. The molecule has 6 rings (SSSR count). The molecule has 0 spiro atoms. The highest BCUT2D eigenvalue weighted by atomic mass is 16.6. The van der Waals surface area contributed by atoms with Crippen molar-refractivity contribution >= 4 is 28.7 Å². The number of fused-ring (bicyclic) bond motifs is 2. The van der Waals surface area contributed by atoms with Crippen LogP contribution in [0.15, 0.2) is 73.2 Å². The highest BCUT2D eigenvalue weighted by Gasteiger charge is 2.48. The molecule has 2 amide bonds. The topological polar surface area (TPSA) is 115 Å². The smallest absolute Gasteiger partial charge is 0.409 e. The first-order valence-electron chi connectivity index (χ1n) is 13.2. The van der Waals surface area contributed by atoms with Gasteiger partial charge in [0.05, 0.1) is 29.6 Å². The maximum absolute atomic E-state index is 12.7. The number of ether oxygens (including phenoxy) is 1. The minimum atomic E-state index is -0.452. The normalized spacial score (nSPS) is 14.6. The van der Waals surface area contributed by atoms with Gasteiger partial charge in [0.1, 0.15) is 12.3 Å². The predicted octanol–water partition coefficient (Wildman–Crippen LogP) is 4.24. The van der Waals surface area contributed by atoms with Gasteiger partial charge >= 0.3 is 6.09 Å². The van der Waals surface area contributed by atoms with Crippen LogP contribution < -0.4 is 5.32 Å². The lowest BCUT2D eigenvalue weighted by molar-refractivity contribution is 0.0871. The van der Waals surface area contributed by atoms with Crippen molar-refractivity contribution in [3.8, 4) is 11.3 Å². The minimum absolute atomic E-state index is 0.0846. The molecule has 0 bridgehead atoms. The summed E-state index contributed by atoms with van der Waals surface area (Å²) in [7, 11) is 3.21. The largest absolute Gasteiger partial charge is 0.447 e. The summed E-state index contributed by atoms with van der Waals surface area (Å²) < 4.78 is 6.98. The minimum Gasteiger partial charge on any atom is -0.447 e. The molecule has 1 N–H and O–H groups in total. The molecule has 0 radical (unpaired) electrons. The van der Waals surface area contributed by atoms with E-state index < -0.39 is 6.09 Å². The Bertz CT molecular complexity index is 1730. The van der Waals surface area contributed by atoms with Gasteiger partial charge in [0, 0.05) is 42.2 Å². The first-order valence-corrected chi connectivity index (χ1v) is 13.2. The highest BCUT2D eigenvalue weighted by Crippen LogP contribution is 2.53. The summed E-state index contributed by atoms with van der Waals surface area (Å²) in [5.74, 6) is 0.298. The zero-order chi connectivity index (χ0) is 27.9. The number of benzene rings is 2. The van der Waals surface area contributed by atoms with Crippen molar-refractivity contribution in [3.05, 3.63) is 90.0 Å². The SMILES string of the molecule is CC(COC(=O)N(C)C)NC(=O)c1ccc(-c2cnc3ncc(C4(c5ccc6ncccc6c5)CC4)n3n2)cc1. The van der Waals surface area contributed by atoms with Crippen molar-refractivity contribution in [2.24, 2.45) is 0 Å². The van der Waals surface area contributed by atoms with Crippen LogP contribution in [0, 0.1) is 0 Å². The molecule has 1 aliphatic carbocycles. The molecular weight excluding hydrogens is 506 g/mol. The van der Waals surface area contributed by atoms with Gasteiger partial charge in [0.2, 0.25) is 0 Å². The first-order chi connectivity index (χ1) is 19.3. The van der Waals surface area contributed by atoms with Gasteiger partial charge in [-0.25, -0.2) is 14.8 Å². The Labute approximate surface area is 231 Å². The van der Waals surface area contributed by atoms with Gasteiger partial charge in [-0.1, -0.05) is 24.3 Å². The summed E-state index contributed by atoms with van der Waals surface area (Å²) in [5.41, 5.74) is 5.07. The maximum atomic E-state index is 12.7. The summed E-state index contributed by atoms with van der Waals surface area (Å²) in [4.78, 5) is 39.2. The van der Waals surface area contributed by atoms with E-state index in [4.69, 9.17) is 9.84 Å². The summed E-state index contributed by atoms with van der Waals surface area (Å²) in [6, 6.07) is 17.3. The third kappa shape index (κ3) is 4.72. The zero-order valence-corrected chi connectivity index (χ0v) is 22.5. The van der Waals surface area contributed by atoms with Gasteiger partial charge in [-0.15, -0.1) is 0 Å². The number of hydrogen-bond donors (Lipinski definition) is 1. The number of aromatic nitrogens is 5. The zero-order valence-electron chi connectivity index (χ0n) is 22.5. The van der Waals surface area contributed by atoms with E-state index in [9.17, 15) is 9.59 Å². The molecule has 10 heteroatoms. The second-order valence-electron chi connectivity index (χ2n) is 10.4. The van der Waals surface area contributed by atoms with E-state index in [1.807, 2.05) is 35.1 Å². The van der Waals surface area contributed by atoms with Gasteiger partial charge in [-0.2, -0.15) is 9.61 Å². The number of carbonyl (C=O) groups is 2. The van der Waals surface area contributed by atoms with Crippen LogP contribution in [-0.4, -0.2) is 68.2 Å². The van der Waals surface area contributed by atoms with Crippen molar-refractivity contribution in [2.45, 2.75) is 31.2 Å². The lowest BCUT2D eigenvalue weighted by Crippen LogP contribution is -2.37. The number of rotatable bonds is 7. The molecular formula is C30H29N7O3. The summed E-state index contributed by atoms with van der Waals surface area (Å²) in [6.07, 6.45) is 6.95. The van der Waals surface area contributed by atoms with Crippen LogP contribution in [0.2, 0.25) is 0 Å². The molecule has 5 aromatic rings. The van der Waals surface area contributed by atoms with E-state index in [0.717, 1.165) is 35.0 Å². The van der Waals surface area contributed by atoms with E-state index in [1.165, 1.54) is 10.5 Å². The maximum Gasteiger partial charge on any atom is 0.409 e. The van der Waals surface area contributed by atoms with Crippen molar-refractivity contribution in [2.75, 3.05) is 20.7 Å². The number of nitrogens with zero attached hydrogens (tertiary/aromatic N) is 6. The van der Waals surface area contributed by atoms with Crippen molar-refractivity contribution in [3.63, 3.8) is 0 Å². The molecule has 1 atom stereocenters. The van der Waals surface area contributed by atoms with Crippen molar-refractivity contribution in [1.29, 1.82) is 0 Å². The number of amides is 2. The van der Waals surface area contributed by atoms with Gasteiger partial charge in [0.25, 0.3) is 11.7 Å². The van der Waals surface area contributed by atoms with Gasteiger partial charge in [0.15, 0.2) is 0 Å². The van der Waals surface area contributed by atoms with E-state index in [0.29, 0.717) is 17.0 Å². The number of hydrogen-bond acceptors (Lipinski definition) is 7. The average molecular weight is 536 g/mol. The second-order valence-corrected chi connectivity index (χ2v) is 10.4.